The van der Waals surface area contributed by atoms with Crippen LogP contribution in [0.15, 0.2) is 12.1 Å². The highest BCUT2D eigenvalue weighted by atomic mass is 35.5. The Bertz CT molecular complexity index is 464. The summed E-state index contributed by atoms with van der Waals surface area (Å²) in [6.45, 7) is 3.85. The second kappa shape index (κ2) is 5.73. The zero-order chi connectivity index (χ0) is 13.9. The van der Waals surface area contributed by atoms with Gasteiger partial charge in [0, 0.05) is 7.05 Å². The number of urea groups is 1. The molecule has 18 heavy (non-hydrogen) atoms. The van der Waals surface area contributed by atoms with Crippen LogP contribution in [0.4, 0.5) is 10.5 Å². The van der Waals surface area contributed by atoms with Crippen LogP contribution in [0.2, 0.25) is 5.02 Å². The molecule has 0 unspecified atom stereocenters. The van der Waals surface area contributed by atoms with E-state index in [0.29, 0.717) is 10.7 Å². The molecular formula is C12H17ClN4O. The molecule has 0 aromatic heterocycles. The van der Waals surface area contributed by atoms with Crippen molar-refractivity contribution in [3.8, 4) is 0 Å². The number of hydrogen-bond acceptors (Lipinski definition) is 2. The number of benzene rings is 1. The summed E-state index contributed by atoms with van der Waals surface area (Å²) >= 11 is 6.18. The molecule has 5 nitrogen and oxygen atoms in total. The molecule has 0 heterocycles. The van der Waals surface area contributed by atoms with Crippen LogP contribution in [0.3, 0.4) is 0 Å². The number of amides is 2. The van der Waals surface area contributed by atoms with Crippen LogP contribution in [0.5, 0.6) is 0 Å². The molecule has 0 fully saturated rings. The molecule has 0 saturated carbocycles. The molecule has 2 amide bonds. The minimum absolute atomic E-state index is 0.372. The van der Waals surface area contributed by atoms with Gasteiger partial charge in [0.2, 0.25) is 5.96 Å². The zero-order valence-corrected chi connectivity index (χ0v) is 11.4. The first-order chi connectivity index (χ1) is 8.42. The van der Waals surface area contributed by atoms with E-state index in [2.05, 4.69) is 5.32 Å². The van der Waals surface area contributed by atoms with Gasteiger partial charge in [0.25, 0.3) is 0 Å². The van der Waals surface area contributed by atoms with Gasteiger partial charge in [-0.1, -0.05) is 24.6 Å². The minimum atomic E-state index is -0.489. The molecule has 1 aromatic carbocycles. The Hall–Kier alpha value is -1.75. The SMILES string of the molecule is CCc1cc(C)c(N(C(=N)N)C(=O)NC)c(Cl)c1. The van der Waals surface area contributed by atoms with Gasteiger partial charge in [0.15, 0.2) is 0 Å². The minimum Gasteiger partial charge on any atom is -0.369 e. The third kappa shape index (κ3) is 2.73. The fourth-order valence-electron chi connectivity index (χ4n) is 1.74. The van der Waals surface area contributed by atoms with E-state index in [1.165, 1.54) is 7.05 Å². The highest BCUT2D eigenvalue weighted by Gasteiger charge is 2.22. The standard InChI is InChI=1S/C12H17ClN4O/c1-4-8-5-7(2)10(9(13)6-8)17(11(14)15)12(18)16-3/h5-6H,4H2,1-3H3,(H3,14,15)(H,16,18). The molecule has 0 spiro atoms. The van der Waals surface area contributed by atoms with Crippen LogP contribution in [-0.4, -0.2) is 19.0 Å². The van der Waals surface area contributed by atoms with Crippen molar-refractivity contribution in [3.05, 3.63) is 28.3 Å². The first-order valence-electron chi connectivity index (χ1n) is 5.57. The molecule has 4 N–H and O–H groups in total. The molecule has 98 valence electrons. The predicted octanol–water partition coefficient (Wildman–Crippen LogP) is 2.25. The summed E-state index contributed by atoms with van der Waals surface area (Å²) in [6.07, 6.45) is 0.848. The molecule has 0 radical (unpaired) electrons. The molecule has 0 atom stereocenters. The van der Waals surface area contributed by atoms with Crippen LogP contribution in [0.1, 0.15) is 18.1 Å². The maximum atomic E-state index is 11.7. The first-order valence-corrected chi connectivity index (χ1v) is 5.95. The third-order valence-electron chi connectivity index (χ3n) is 2.60. The second-order valence-electron chi connectivity index (χ2n) is 3.87. The molecule has 1 aromatic rings. The number of halogens is 1. The number of nitrogens with zero attached hydrogens (tertiary/aromatic N) is 1. The van der Waals surface area contributed by atoms with E-state index in [0.717, 1.165) is 22.4 Å². The van der Waals surface area contributed by atoms with E-state index < -0.39 is 6.03 Å². The summed E-state index contributed by atoms with van der Waals surface area (Å²) in [5.41, 5.74) is 7.76. The predicted molar refractivity (Wildman–Crippen MR) is 74.4 cm³/mol. The van der Waals surface area contributed by atoms with Crippen LogP contribution < -0.4 is 16.0 Å². The Labute approximate surface area is 111 Å². The van der Waals surface area contributed by atoms with Crippen LogP contribution >= 0.6 is 11.6 Å². The quantitative estimate of drug-likeness (QED) is 0.568. The average molecular weight is 269 g/mol. The molecule has 1 rings (SSSR count). The van der Waals surface area contributed by atoms with E-state index in [9.17, 15) is 4.79 Å². The van der Waals surface area contributed by atoms with Gasteiger partial charge in [-0.25, -0.2) is 9.69 Å². The molecule has 0 bridgehead atoms. The van der Waals surface area contributed by atoms with E-state index >= 15 is 0 Å². The number of rotatable bonds is 2. The van der Waals surface area contributed by atoms with Crippen molar-refractivity contribution >= 4 is 29.3 Å². The molecule has 0 saturated heterocycles. The van der Waals surface area contributed by atoms with Gasteiger partial charge >= 0.3 is 6.03 Å². The van der Waals surface area contributed by atoms with Crippen LogP contribution in [-0.2, 0) is 6.42 Å². The molecule has 6 heteroatoms. The van der Waals surface area contributed by atoms with Crippen molar-refractivity contribution in [1.29, 1.82) is 5.41 Å². The van der Waals surface area contributed by atoms with E-state index in [1.807, 2.05) is 19.9 Å². The Morgan fingerprint density at radius 1 is 1.56 bits per heavy atom. The molecule has 0 aliphatic heterocycles. The smallest absolute Gasteiger partial charge is 0.328 e. The highest BCUT2D eigenvalue weighted by Crippen LogP contribution is 2.31. The third-order valence-corrected chi connectivity index (χ3v) is 2.89. The topological polar surface area (TPSA) is 82.2 Å². The van der Waals surface area contributed by atoms with Gasteiger partial charge < -0.3 is 11.1 Å². The summed E-state index contributed by atoms with van der Waals surface area (Å²) in [6, 6.07) is 3.22. The number of nitrogens with one attached hydrogen (secondary N) is 2. The highest BCUT2D eigenvalue weighted by molar-refractivity contribution is 6.35. The normalized spacial score (nSPS) is 10.0. The van der Waals surface area contributed by atoms with Crippen molar-refractivity contribution in [2.75, 3.05) is 11.9 Å². The number of aryl methyl sites for hydroxylation is 2. The van der Waals surface area contributed by atoms with Gasteiger partial charge in [0.1, 0.15) is 0 Å². The molecule has 0 aliphatic carbocycles. The first kappa shape index (κ1) is 14.3. The van der Waals surface area contributed by atoms with Gasteiger partial charge in [0.05, 0.1) is 10.7 Å². The van der Waals surface area contributed by atoms with Crippen molar-refractivity contribution < 1.29 is 4.79 Å². The Morgan fingerprint density at radius 3 is 2.56 bits per heavy atom. The maximum absolute atomic E-state index is 11.7. The number of hydrogen-bond donors (Lipinski definition) is 3. The van der Waals surface area contributed by atoms with Crippen LogP contribution in [0.25, 0.3) is 0 Å². The second-order valence-corrected chi connectivity index (χ2v) is 4.28. The Balaban J connectivity index is 3.37. The monoisotopic (exact) mass is 268 g/mol. The lowest BCUT2D eigenvalue weighted by Crippen LogP contribution is -2.46. The van der Waals surface area contributed by atoms with Gasteiger partial charge in [-0.2, -0.15) is 0 Å². The fraction of sp³-hybridized carbons (Fsp3) is 0.333. The fourth-order valence-corrected chi connectivity index (χ4v) is 2.11. The summed E-state index contributed by atoms with van der Waals surface area (Å²) in [5.74, 6) is -0.372. The largest absolute Gasteiger partial charge is 0.369 e. The Kier molecular flexibility index (Phi) is 4.55. The molecule has 0 aliphatic rings. The van der Waals surface area contributed by atoms with E-state index in [1.54, 1.807) is 6.07 Å². The number of carbonyl (C=O) groups excluding carboxylic acids is 1. The van der Waals surface area contributed by atoms with E-state index in [-0.39, 0.29) is 5.96 Å². The maximum Gasteiger partial charge on any atom is 0.328 e. The molecular weight excluding hydrogens is 252 g/mol. The van der Waals surface area contributed by atoms with E-state index in [4.69, 9.17) is 22.7 Å². The van der Waals surface area contributed by atoms with Gasteiger partial charge in [-0.05, 0) is 30.5 Å². The van der Waals surface area contributed by atoms with Crippen molar-refractivity contribution in [3.63, 3.8) is 0 Å². The lowest BCUT2D eigenvalue weighted by Gasteiger charge is -2.23. The van der Waals surface area contributed by atoms with Crippen molar-refractivity contribution in [2.45, 2.75) is 20.3 Å². The summed E-state index contributed by atoms with van der Waals surface area (Å²) < 4.78 is 0. The van der Waals surface area contributed by atoms with Crippen molar-refractivity contribution in [1.82, 2.24) is 5.32 Å². The van der Waals surface area contributed by atoms with Gasteiger partial charge in [-0.15, -0.1) is 0 Å². The number of carbonyl (C=O) groups is 1. The Morgan fingerprint density at radius 2 is 2.17 bits per heavy atom. The number of guanidine groups is 1. The lowest BCUT2D eigenvalue weighted by molar-refractivity contribution is 0.251. The number of anilines is 1. The number of nitrogens with two attached hydrogens (primary N) is 1. The van der Waals surface area contributed by atoms with Gasteiger partial charge in [-0.3, -0.25) is 5.41 Å². The summed E-state index contributed by atoms with van der Waals surface area (Å²) in [5, 5.41) is 10.3. The lowest BCUT2D eigenvalue weighted by atomic mass is 10.1. The van der Waals surface area contributed by atoms with Crippen molar-refractivity contribution in [2.24, 2.45) is 5.73 Å². The van der Waals surface area contributed by atoms with Crippen LogP contribution in [0, 0.1) is 12.3 Å². The summed E-state index contributed by atoms with van der Waals surface area (Å²) in [7, 11) is 1.47. The zero-order valence-electron chi connectivity index (χ0n) is 10.7. The summed E-state index contributed by atoms with van der Waals surface area (Å²) in [4.78, 5) is 12.8. The average Bonchev–Trinajstić information content (AvgIpc) is 2.31.